The Morgan fingerprint density at radius 3 is 2.27 bits per heavy atom. The summed E-state index contributed by atoms with van der Waals surface area (Å²) in [7, 11) is 0. The Balaban J connectivity index is 2.88. The molecule has 9 N–H and O–H groups in total. The van der Waals surface area contributed by atoms with Crippen LogP contribution in [0, 0.1) is 0 Å². The number of hydrogen-bond donors (Lipinski definition) is 7. The molecule has 4 atom stereocenters. The van der Waals surface area contributed by atoms with Gasteiger partial charge in [-0.3, -0.25) is 4.79 Å². The SMILES string of the molecule is C=C(O)[C@H](NC(=O)N[C@H](C(=O)O)C(C)O)c1nnc([C@@H](N)CC(N)=O)o1. The number of aliphatic hydroxyl groups is 2. The number of nitrogens with one attached hydrogen (secondary N) is 2. The number of carbonyl (C=O) groups is 3. The molecule has 1 rings (SSSR count). The van der Waals surface area contributed by atoms with Crippen LogP contribution in [0.3, 0.4) is 0 Å². The molecule has 13 heteroatoms. The Labute approximate surface area is 147 Å². The molecule has 1 unspecified atom stereocenters. The summed E-state index contributed by atoms with van der Waals surface area (Å²) in [6.07, 6.45) is -1.65. The maximum Gasteiger partial charge on any atom is 0.328 e. The van der Waals surface area contributed by atoms with E-state index in [0.717, 1.165) is 0 Å². The molecule has 0 saturated heterocycles. The number of urea groups is 1. The molecule has 0 aliphatic rings. The highest BCUT2D eigenvalue weighted by Crippen LogP contribution is 2.20. The predicted octanol–water partition coefficient (Wildman–Crippen LogP) is -1.81. The molecule has 0 aromatic carbocycles. The number of hydrogen-bond acceptors (Lipinski definition) is 9. The highest BCUT2D eigenvalue weighted by molar-refractivity contribution is 5.83. The van der Waals surface area contributed by atoms with Gasteiger partial charge in [-0.25, -0.2) is 9.59 Å². The number of aliphatic hydroxyl groups excluding tert-OH is 2. The first-order chi connectivity index (χ1) is 12.0. The highest BCUT2D eigenvalue weighted by Gasteiger charge is 2.29. The molecule has 1 aromatic heterocycles. The van der Waals surface area contributed by atoms with Gasteiger partial charge < -0.3 is 41.8 Å². The second kappa shape index (κ2) is 8.77. The molecule has 3 amide bonds. The van der Waals surface area contributed by atoms with Crippen molar-refractivity contribution in [3.63, 3.8) is 0 Å². The van der Waals surface area contributed by atoms with Crippen LogP contribution in [0.2, 0.25) is 0 Å². The number of carboxylic acids is 1. The van der Waals surface area contributed by atoms with Crippen molar-refractivity contribution in [3.8, 4) is 0 Å². The standard InChI is InChI=1S/C13H20N6O7/c1-4(20)8(16-13(25)17-9(5(2)21)12(23)24)11-19-18-10(26-11)6(14)3-7(15)22/h5-6,8-9,20-21H,1,3,14H2,2H3,(H2,15,22)(H,23,24)(H2,16,17,25)/t5?,6-,8-,9-/m0/s1. The van der Waals surface area contributed by atoms with Crippen LogP contribution in [0.15, 0.2) is 16.8 Å². The Morgan fingerprint density at radius 2 is 1.81 bits per heavy atom. The number of nitrogens with zero attached hydrogens (tertiary/aromatic N) is 2. The van der Waals surface area contributed by atoms with Gasteiger partial charge in [-0.15, -0.1) is 10.2 Å². The Hall–Kier alpha value is -3.19. The largest absolute Gasteiger partial charge is 0.510 e. The van der Waals surface area contributed by atoms with Gasteiger partial charge in [-0.05, 0) is 6.92 Å². The fourth-order valence-corrected chi connectivity index (χ4v) is 1.81. The van der Waals surface area contributed by atoms with Crippen LogP contribution in [0.1, 0.15) is 37.2 Å². The molecular weight excluding hydrogens is 352 g/mol. The van der Waals surface area contributed by atoms with Crippen LogP contribution in [0.25, 0.3) is 0 Å². The molecule has 0 aliphatic carbocycles. The molecule has 0 radical (unpaired) electrons. The zero-order valence-electron chi connectivity index (χ0n) is 13.7. The lowest BCUT2D eigenvalue weighted by atomic mass is 10.2. The van der Waals surface area contributed by atoms with Crippen molar-refractivity contribution >= 4 is 17.9 Å². The third-order valence-corrected chi connectivity index (χ3v) is 3.09. The van der Waals surface area contributed by atoms with Crippen LogP contribution in [-0.4, -0.2) is 55.6 Å². The second-order valence-corrected chi connectivity index (χ2v) is 5.35. The maximum atomic E-state index is 11.9. The van der Waals surface area contributed by atoms with Crippen molar-refractivity contribution in [1.29, 1.82) is 0 Å². The van der Waals surface area contributed by atoms with Crippen molar-refractivity contribution in [1.82, 2.24) is 20.8 Å². The van der Waals surface area contributed by atoms with Crippen molar-refractivity contribution in [2.75, 3.05) is 0 Å². The fraction of sp³-hybridized carbons (Fsp3) is 0.462. The number of amides is 3. The number of rotatable bonds is 9. The normalized spacial score (nSPS) is 15.3. The van der Waals surface area contributed by atoms with E-state index in [1.807, 2.05) is 5.32 Å². The number of aliphatic carboxylic acids is 1. The van der Waals surface area contributed by atoms with E-state index in [4.69, 9.17) is 21.0 Å². The third kappa shape index (κ3) is 5.71. The number of carboxylic acid groups (broad SMARTS) is 1. The van der Waals surface area contributed by atoms with Gasteiger partial charge >= 0.3 is 12.0 Å². The van der Waals surface area contributed by atoms with E-state index in [1.54, 1.807) is 0 Å². The molecule has 144 valence electrons. The third-order valence-electron chi connectivity index (χ3n) is 3.09. The van der Waals surface area contributed by atoms with Crippen LogP contribution >= 0.6 is 0 Å². The highest BCUT2D eigenvalue weighted by atomic mass is 16.4. The van der Waals surface area contributed by atoms with Gasteiger partial charge in [0.15, 0.2) is 12.1 Å². The van der Waals surface area contributed by atoms with Gasteiger partial charge in [0.1, 0.15) is 5.76 Å². The second-order valence-electron chi connectivity index (χ2n) is 5.35. The van der Waals surface area contributed by atoms with Gasteiger partial charge in [0.25, 0.3) is 0 Å². The van der Waals surface area contributed by atoms with E-state index < -0.39 is 47.9 Å². The zero-order valence-corrected chi connectivity index (χ0v) is 13.7. The summed E-state index contributed by atoms with van der Waals surface area (Å²) < 4.78 is 5.19. The zero-order chi connectivity index (χ0) is 20.0. The molecule has 0 aliphatic heterocycles. The van der Waals surface area contributed by atoms with Crippen LogP contribution in [0.4, 0.5) is 4.79 Å². The molecule has 1 heterocycles. The van der Waals surface area contributed by atoms with E-state index in [2.05, 4.69) is 22.1 Å². The molecule has 26 heavy (non-hydrogen) atoms. The summed E-state index contributed by atoms with van der Waals surface area (Å²) >= 11 is 0. The van der Waals surface area contributed by atoms with E-state index in [-0.39, 0.29) is 18.2 Å². The summed E-state index contributed by atoms with van der Waals surface area (Å²) in [6, 6.07) is -5.02. The van der Waals surface area contributed by atoms with Crippen molar-refractivity contribution < 1.29 is 34.1 Å². The molecule has 13 nitrogen and oxygen atoms in total. The topological polar surface area (TPSA) is 227 Å². The minimum Gasteiger partial charge on any atom is -0.510 e. The van der Waals surface area contributed by atoms with Gasteiger partial charge in [0.2, 0.25) is 17.7 Å². The lowest BCUT2D eigenvalue weighted by Crippen LogP contribution is -2.51. The summed E-state index contributed by atoms with van der Waals surface area (Å²) in [6.45, 7) is 4.42. The summed E-state index contributed by atoms with van der Waals surface area (Å²) in [5, 5.41) is 39.2. The first-order valence-electron chi connectivity index (χ1n) is 7.25. The van der Waals surface area contributed by atoms with E-state index in [1.165, 1.54) is 6.92 Å². The fourth-order valence-electron chi connectivity index (χ4n) is 1.81. The number of carbonyl (C=O) groups excluding carboxylic acids is 2. The molecular formula is C13H20N6O7. The summed E-state index contributed by atoms with van der Waals surface area (Å²) in [5.41, 5.74) is 10.7. The molecule has 1 aromatic rings. The first-order valence-corrected chi connectivity index (χ1v) is 7.25. The Kier molecular flexibility index (Phi) is 7.04. The van der Waals surface area contributed by atoms with E-state index >= 15 is 0 Å². The molecule has 0 saturated carbocycles. The van der Waals surface area contributed by atoms with Crippen LogP contribution < -0.4 is 22.1 Å². The maximum absolute atomic E-state index is 11.9. The summed E-state index contributed by atoms with van der Waals surface area (Å²) in [4.78, 5) is 33.7. The minimum atomic E-state index is -1.59. The Bertz CT molecular complexity index is 688. The lowest BCUT2D eigenvalue weighted by molar-refractivity contribution is -0.141. The van der Waals surface area contributed by atoms with Gasteiger partial charge in [-0.2, -0.15) is 0 Å². The average Bonchev–Trinajstić information content (AvgIpc) is 2.98. The van der Waals surface area contributed by atoms with Crippen LogP contribution in [-0.2, 0) is 9.59 Å². The number of nitrogens with two attached hydrogens (primary N) is 2. The quantitative estimate of drug-likeness (QED) is 0.240. The smallest absolute Gasteiger partial charge is 0.328 e. The number of primary amides is 1. The van der Waals surface area contributed by atoms with E-state index in [0.29, 0.717) is 0 Å². The predicted molar refractivity (Wildman–Crippen MR) is 84.3 cm³/mol. The molecule has 0 spiro atoms. The summed E-state index contributed by atoms with van der Waals surface area (Å²) in [5.74, 6) is -3.24. The Morgan fingerprint density at radius 1 is 1.23 bits per heavy atom. The van der Waals surface area contributed by atoms with Crippen molar-refractivity contribution in [3.05, 3.63) is 24.1 Å². The van der Waals surface area contributed by atoms with Crippen molar-refractivity contribution in [2.45, 2.75) is 37.6 Å². The van der Waals surface area contributed by atoms with Gasteiger partial charge in [0.05, 0.1) is 18.6 Å². The first kappa shape index (κ1) is 20.9. The molecule has 0 fully saturated rings. The average molecular weight is 372 g/mol. The van der Waals surface area contributed by atoms with E-state index in [9.17, 15) is 24.6 Å². The monoisotopic (exact) mass is 372 g/mol. The van der Waals surface area contributed by atoms with Crippen molar-refractivity contribution in [2.24, 2.45) is 11.5 Å². The van der Waals surface area contributed by atoms with Crippen LogP contribution in [0.5, 0.6) is 0 Å². The molecule has 0 bridgehead atoms. The van der Waals surface area contributed by atoms with Gasteiger partial charge in [-0.1, -0.05) is 6.58 Å². The minimum absolute atomic E-state index is 0.167. The lowest BCUT2D eigenvalue weighted by Gasteiger charge is -2.19. The van der Waals surface area contributed by atoms with Gasteiger partial charge in [0, 0.05) is 0 Å². The number of aromatic nitrogens is 2.